The molecule has 0 aliphatic carbocycles. The number of anilines is 1. The van der Waals surface area contributed by atoms with Crippen molar-refractivity contribution < 1.29 is 8.42 Å². The minimum atomic E-state index is -3.57. The Kier molecular flexibility index (Phi) is 4.27. The van der Waals surface area contributed by atoms with E-state index in [0.717, 1.165) is 12.0 Å². The molecule has 0 unspecified atom stereocenters. The summed E-state index contributed by atoms with van der Waals surface area (Å²) >= 11 is 3.26. The number of hydrogen-bond acceptors (Lipinski definition) is 2. The lowest BCUT2D eigenvalue weighted by Crippen LogP contribution is -2.14. The number of sulfonamides is 1. The Morgan fingerprint density at radius 3 is 2.37 bits per heavy atom. The Hall–Kier alpha value is -1.33. The van der Waals surface area contributed by atoms with Gasteiger partial charge in [0, 0.05) is 4.47 Å². The number of para-hydroxylation sites is 1. The summed E-state index contributed by atoms with van der Waals surface area (Å²) in [6.45, 7) is 1.99. The van der Waals surface area contributed by atoms with Gasteiger partial charge in [-0.15, -0.1) is 0 Å². The van der Waals surface area contributed by atoms with Gasteiger partial charge in [-0.05, 0) is 46.1 Å². The smallest absolute Gasteiger partial charge is 0.263 e. The van der Waals surface area contributed by atoms with Gasteiger partial charge in [0.15, 0.2) is 0 Å². The highest BCUT2D eigenvalue weighted by atomic mass is 79.9. The molecule has 0 atom stereocenters. The first kappa shape index (κ1) is 14.1. The third-order valence-electron chi connectivity index (χ3n) is 2.77. The molecule has 0 saturated heterocycles. The van der Waals surface area contributed by atoms with Gasteiger partial charge in [0.1, 0.15) is 4.90 Å². The van der Waals surface area contributed by atoms with E-state index in [0.29, 0.717) is 10.2 Å². The van der Waals surface area contributed by atoms with E-state index in [-0.39, 0.29) is 4.90 Å². The molecule has 0 fully saturated rings. The molecule has 0 aromatic heterocycles. The Bertz CT molecular complexity index is 683. The number of aryl methyl sites for hydroxylation is 1. The van der Waals surface area contributed by atoms with Crippen molar-refractivity contribution in [2.45, 2.75) is 18.2 Å². The maximum Gasteiger partial charge on any atom is 0.263 e. The van der Waals surface area contributed by atoms with E-state index in [4.69, 9.17) is 0 Å². The first-order valence-corrected chi connectivity index (χ1v) is 8.17. The maximum absolute atomic E-state index is 12.3. The zero-order chi connectivity index (χ0) is 13.9. The fourth-order valence-electron chi connectivity index (χ4n) is 1.79. The van der Waals surface area contributed by atoms with E-state index in [1.165, 1.54) is 0 Å². The topological polar surface area (TPSA) is 46.2 Å². The zero-order valence-electron chi connectivity index (χ0n) is 10.4. The fraction of sp³-hybridized carbons (Fsp3) is 0.143. The second-order valence-corrected chi connectivity index (χ2v) is 6.55. The molecule has 0 heterocycles. The summed E-state index contributed by atoms with van der Waals surface area (Å²) in [4.78, 5) is 0.237. The van der Waals surface area contributed by atoms with Crippen LogP contribution in [0.25, 0.3) is 0 Å². The molecule has 0 aliphatic heterocycles. The van der Waals surface area contributed by atoms with E-state index in [9.17, 15) is 8.42 Å². The molecule has 19 heavy (non-hydrogen) atoms. The summed E-state index contributed by atoms with van der Waals surface area (Å²) in [6, 6.07) is 14.2. The van der Waals surface area contributed by atoms with Crippen molar-refractivity contribution >= 4 is 31.6 Å². The summed E-state index contributed by atoms with van der Waals surface area (Å²) in [5, 5.41) is 0. The lowest BCUT2D eigenvalue weighted by Gasteiger charge is -2.12. The predicted molar refractivity (Wildman–Crippen MR) is 80.8 cm³/mol. The van der Waals surface area contributed by atoms with Crippen molar-refractivity contribution in [1.82, 2.24) is 0 Å². The molecule has 3 nitrogen and oxygen atoms in total. The summed E-state index contributed by atoms with van der Waals surface area (Å²) < 4.78 is 27.9. The molecule has 1 N–H and O–H groups in total. The van der Waals surface area contributed by atoms with Crippen LogP contribution in [0.5, 0.6) is 0 Å². The van der Waals surface area contributed by atoms with Crippen LogP contribution in [0.4, 0.5) is 5.69 Å². The molecule has 0 aliphatic rings. The van der Waals surface area contributed by atoms with Gasteiger partial charge in [-0.25, -0.2) is 8.42 Å². The van der Waals surface area contributed by atoms with Gasteiger partial charge >= 0.3 is 0 Å². The summed E-state index contributed by atoms with van der Waals surface area (Å²) in [6.07, 6.45) is 0.772. The van der Waals surface area contributed by atoms with Crippen molar-refractivity contribution in [3.05, 3.63) is 58.6 Å². The SMILES string of the molecule is CCc1ccccc1NS(=O)(=O)c1ccccc1Br. The molecule has 0 radical (unpaired) electrons. The van der Waals surface area contributed by atoms with Crippen LogP contribution in [0.15, 0.2) is 57.9 Å². The molecule has 0 saturated carbocycles. The predicted octanol–water partition coefficient (Wildman–Crippen LogP) is 3.81. The van der Waals surface area contributed by atoms with Crippen LogP contribution in [0.2, 0.25) is 0 Å². The van der Waals surface area contributed by atoms with Gasteiger partial charge in [-0.2, -0.15) is 0 Å². The molecule has 2 aromatic carbocycles. The van der Waals surface area contributed by atoms with Crippen LogP contribution in [-0.4, -0.2) is 8.42 Å². The van der Waals surface area contributed by atoms with Crippen molar-refractivity contribution in [2.75, 3.05) is 4.72 Å². The zero-order valence-corrected chi connectivity index (χ0v) is 12.8. The van der Waals surface area contributed by atoms with Crippen LogP contribution in [0.3, 0.4) is 0 Å². The number of rotatable bonds is 4. The van der Waals surface area contributed by atoms with Gasteiger partial charge in [0.05, 0.1) is 5.69 Å². The van der Waals surface area contributed by atoms with E-state index in [1.807, 2.05) is 25.1 Å². The number of halogens is 1. The first-order chi connectivity index (χ1) is 9.04. The molecule has 5 heteroatoms. The normalized spacial score (nSPS) is 11.3. The minimum absolute atomic E-state index is 0.237. The Labute approximate surface area is 121 Å². The molecule has 100 valence electrons. The van der Waals surface area contributed by atoms with E-state index >= 15 is 0 Å². The van der Waals surface area contributed by atoms with Crippen LogP contribution in [-0.2, 0) is 16.4 Å². The average Bonchev–Trinajstić information content (AvgIpc) is 2.39. The fourth-order valence-corrected chi connectivity index (χ4v) is 3.90. The Balaban J connectivity index is 2.40. The Morgan fingerprint density at radius 2 is 1.68 bits per heavy atom. The molecule has 0 amide bonds. The second kappa shape index (κ2) is 5.75. The largest absolute Gasteiger partial charge is 0.279 e. The van der Waals surface area contributed by atoms with Crippen molar-refractivity contribution in [3.63, 3.8) is 0 Å². The average molecular weight is 340 g/mol. The molecular weight excluding hydrogens is 326 g/mol. The molecule has 2 aromatic rings. The second-order valence-electron chi connectivity index (χ2n) is 4.05. The standard InChI is InChI=1S/C14H14BrNO2S/c1-2-11-7-3-5-9-13(11)16-19(17,18)14-10-6-4-8-12(14)15/h3-10,16H,2H2,1H3. The summed E-state index contributed by atoms with van der Waals surface area (Å²) in [5.74, 6) is 0. The number of benzene rings is 2. The van der Waals surface area contributed by atoms with Crippen LogP contribution in [0.1, 0.15) is 12.5 Å². The van der Waals surface area contributed by atoms with Crippen molar-refractivity contribution in [1.29, 1.82) is 0 Å². The highest BCUT2D eigenvalue weighted by molar-refractivity contribution is 9.10. The highest BCUT2D eigenvalue weighted by Gasteiger charge is 2.17. The molecular formula is C14H14BrNO2S. The van der Waals surface area contributed by atoms with Crippen LogP contribution >= 0.6 is 15.9 Å². The van der Waals surface area contributed by atoms with Gasteiger partial charge in [0.25, 0.3) is 10.0 Å². The third kappa shape index (κ3) is 3.16. The maximum atomic E-state index is 12.3. The molecule has 0 bridgehead atoms. The quantitative estimate of drug-likeness (QED) is 0.920. The number of nitrogens with one attached hydrogen (secondary N) is 1. The van der Waals surface area contributed by atoms with Crippen LogP contribution < -0.4 is 4.72 Å². The lowest BCUT2D eigenvalue weighted by atomic mass is 10.1. The van der Waals surface area contributed by atoms with Crippen molar-refractivity contribution in [2.24, 2.45) is 0 Å². The van der Waals surface area contributed by atoms with Gasteiger partial charge < -0.3 is 0 Å². The molecule has 0 spiro atoms. The van der Waals surface area contributed by atoms with E-state index < -0.39 is 10.0 Å². The van der Waals surface area contributed by atoms with Gasteiger partial charge in [-0.1, -0.05) is 37.3 Å². The third-order valence-corrected chi connectivity index (χ3v) is 5.15. The van der Waals surface area contributed by atoms with Gasteiger partial charge in [0.2, 0.25) is 0 Å². The highest BCUT2D eigenvalue weighted by Crippen LogP contribution is 2.25. The minimum Gasteiger partial charge on any atom is -0.279 e. The van der Waals surface area contributed by atoms with Crippen LogP contribution in [0, 0.1) is 0 Å². The molecule has 2 rings (SSSR count). The number of hydrogen-bond donors (Lipinski definition) is 1. The van der Waals surface area contributed by atoms with E-state index in [1.54, 1.807) is 30.3 Å². The van der Waals surface area contributed by atoms with Gasteiger partial charge in [-0.3, -0.25) is 4.72 Å². The first-order valence-electron chi connectivity index (χ1n) is 5.90. The Morgan fingerprint density at radius 1 is 1.05 bits per heavy atom. The lowest BCUT2D eigenvalue weighted by molar-refractivity contribution is 0.600. The van der Waals surface area contributed by atoms with E-state index in [2.05, 4.69) is 20.7 Å². The summed E-state index contributed by atoms with van der Waals surface area (Å²) in [5.41, 5.74) is 1.60. The monoisotopic (exact) mass is 339 g/mol. The van der Waals surface area contributed by atoms with Crippen molar-refractivity contribution in [3.8, 4) is 0 Å². The summed E-state index contributed by atoms with van der Waals surface area (Å²) in [7, 11) is -3.57.